The maximum Gasteiger partial charge on any atom is 0.322 e. The highest BCUT2D eigenvalue weighted by molar-refractivity contribution is 5.89. The third kappa shape index (κ3) is 4.66. The SMILES string of the molecule is CCC(c1nc2ccccc2c(=O)n1CC)N(Cc1ccco1)C(=O)Nc1ccc(OC)cc1. The summed E-state index contributed by atoms with van der Waals surface area (Å²) >= 11 is 0. The van der Waals surface area contributed by atoms with Crippen molar-refractivity contribution in [2.24, 2.45) is 0 Å². The zero-order valence-corrected chi connectivity index (χ0v) is 19.5. The van der Waals surface area contributed by atoms with Crippen LogP contribution in [-0.2, 0) is 13.1 Å². The van der Waals surface area contributed by atoms with Crippen molar-refractivity contribution in [1.82, 2.24) is 14.5 Å². The van der Waals surface area contributed by atoms with Crippen molar-refractivity contribution in [3.8, 4) is 5.75 Å². The second-order valence-corrected chi connectivity index (χ2v) is 7.83. The fraction of sp³-hybridized carbons (Fsp3) is 0.269. The first kappa shape index (κ1) is 23.1. The number of furan rings is 1. The maximum absolute atomic E-state index is 13.5. The van der Waals surface area contributed by atoms with Gasteiger partial charge < -0.3 is 19.4 Å². The van der Waals surface area contributed by atoms with Crippen LogP contribution in [-0.4, -0.2) is 27.6 Å². The molecule has 1 atom stereocenters. The quantitative estimate of drug-likeness (QED) is 0.390. The average molecular weight is 461 g/mol. The molecule has 2 aromatic heterocycles. The summed E-state index contributed by atoms with van der Waals surface area (Å²) in [5.41, 5.74) is 1.12. The van der Waals surface area contributed by atoms with Crippen molar-refractivity contribution in [1.29, 1.82) is 0 Å². The molecule has 0 aliphatic heterocycles. The molecule has 0 saturated carbocycles. The van der Waals surface area contributed by atoms with Crippen LogP contribution in [0.2, 0.25) is 0 Å². The number of amides is 2. The summed E-state index contributed by atoms with van der Waals surface area (Å²) in [5, 5.41) is 3.51. The molecular weight excluding hydrogens is 432 g/mol. The first-order valence-electron chi connectivity index (χ1n) is 11.3. The minimum atomic E-state index is -0.458. The van der Waals surface area contributed by atoms with E-state index in [1.54, 1.807) is 59.2 Å². The van der Waals surface area contributed by atoms with Gasteiger partial charge in [-0.3, -0.25) is 9.36 Å². The van der Waals surface area contributed by atoms with Crippen LogP contribution in [0.5, 0.6) is 5.75 Å². The summed E-state index contributed by atoms with van der Waals surface area (Å²) in [7, 11) is 1.59. The molecule has 4 aromatic rings. The van der Waals surface area contributed by atoms with Gasteiger partial charge in [0.1, 0.15) is 17.3 Å². The van der Waals surface area contributed by atoms with E-state index in [2.05, 4.69) is 5.32 Å². The van der Waals surface area contributed by atoms with Crippen molar-refractivity contribution in [2.45, 2.75) is 39.4 Å². The van der Waals surface area contributed by atoms with Crippen LogP contribution in [0.25, 0.3) is 10.9 Å². The van der Waals surface area contributed by atoms with Gasteiger partial charge in [0.2, 0.25) is 0 Å². The minimum Gasteiger partial charge on any atom is -0.497 e. The maximum atomic E-state index is 13.5. The number of fused-ring (bicyclic) bond motifs is 1. The standard InChI is InChI=1S/C26H28N4O4/c1-4-23(24-28-22-11-7-6-10-21(22)25(31)29(24)5-2)30(17-20-9-8-16-34-20)26(32)27-18-12-14-19(33-3)15-13-18/h6-16,23H,4-5,17H2,1-3H3,(H,27,32). The van der Waals surface area contributed by atoms with Crippen LogP contribution < -0.4 is 15.6 Å². The molecule has 34 heavy (non-hydrogen) atoms. The number of urea groups is 1. The molecule has 8 heteroatoms. The lowest BCUT2D eigenvalue weighted by Gasteiger charge is -2.31. The van der Waals surface area contributed by atoms with Crippen molar-refractivity contribution < 1.29 is 13.9 Å². The number of carbonyl (C=O) groups is 1. The second kappa shape index (κ2) is 10.2. The molecule has 2 amide bonds. The Labute approximate surface area is 197 Å². The number of aromatic nitrogens is 2. The van der Waals surface area contributed by atoms with Gasteiger partial charge in [0.25, 0.3) is 5.56 Å². The van der Waals surface area contributed by atoms with Crippen LogP contribution in [0.4, 0.5) is 10.5 Å². The zero-order chi connectivity index (χ0) is 24.1. The molecular formula is C26H28N4O4. The van der Waals surface area contributed by atoms with Crippen molar-refractivity contribution in [3.05, 3.63) is 88.9 Å². The van der Waals surface area contributed by atoms with E-state index in [1.807, 2.05) is 38.1 Å². The summed E-state index contributed by atoms with van der Waals surface area (Å²) in [4.78, 5) is 33.3. The number of rotatable bonds is 8. The second-order valence-electron chi connectivity index (χ2n) is 7.83. The fourth-order valence-electron chi connectivity index (χ4n) is 4.05. The van der Waals surface area contributed by atoms with E-state index in [4.69, 9.17) is 14.1 Å². The third-order valence-corrected chi connectivity index (χ3v) is 5.78. The van der Waals surface area contributed by atoms with Crippen LogP contribution in [0.3, 0.4) is 0 Å². The van der Waals surface area contributed by atoms with Gasteiger partial charge in [0.05, 0.1) is 36.9 Å². The molecule has 0 aliphatic rings. The Morgan fingerprint density at radius 1 is 1.12 bits per heavy atom. The monoisotopic (exact) mass is 460 g/mol. The topological polar surface area (TPSA) is 89.6 Å². The molecule has 2 aromatic carbocycles. The summed E-state index contributed by atoms with van der Waals surface area (Å²) in [5.74, 6) is 1.88. The van der Waals surface area contributed by atoms with Crippen molar-refractivity contribution in [3.63, 3.8) is 0 Å². The molecule has 0 radical (unpaired) electrons. The number of nitrogens with one attached hydrogen (secondary N) is 1. The molecule has 1 unspecified atom stereocenters. The van der Waals surface area contributed by atoms with E-state index in [9.17, 15) is 9.59 Å². The van der Waals surface area contributed by atoms with Gasteiger partial charge >= 0.3 is 6.03 Å². The average Bonchev–Trinajstić information content (AvgIpc) is 3.38. The van der Waals surface area contributed by atoms with Gasteiger partial charge in [-0.25, -0.2) is 9.78 Å². The third-order valence-electron chi connectivity index (χ3n) is 5.78. The number of anilines is 1. The Balaban J connectivity index is 1.76. The lowest BCUT2D eigenvalue weighted by molar-refractivity contribution is 0.169. The Kier molecular flexibility index (Phi) is 6.96. The number of hydrogen-bond acceptors (Lipinski definition) is 5. The number of nitrogens with zero attached hydrogens (tertiary/aromatic N) is 3. The Hall–Kier alpha value is -4.07. The van der Waals surface area contributed by atoms with Crippen molar-refractivity contribution >= 4 is 22.6 Å². The number of methoxy groups -OCH3 is 1. The molecule has 0 aliphatic carbocycles. The van der Waals surface area contributed by atoms with E-state index in [1.165, 1.54) is 0 Å². The van der Waals surface area contributed by atoms with Gasteiger partial charge in [-0.15, -0.1) is 0 Å². The van der Waals surface area contributed by atoms with Crippen LogP contribution >= 0.6 is 0 Å². The van der Waals surface area contributed by atoms with Gasteiger partial charge in [0.15, 0.2) is 0 Å². The lowest BCUT2D eigenvalue weighted by atomic mass is 10.1. The molecule has 176 valence electrons. The first-order valence-corrected chi connectivity index (χ1v) is 11.3. The highest BCUT2D eigenvalue weighted by Gasteiger charge is 2.29. The van der Waals surface area contributed by atoms with E-state index in [0.717, 1.165) is 0 Å². The normalized spacial score (nSPS) is 11.9. The number of ether oxygens (including phenoxy) is 1. The van der Waals surface area contributed by atoms with E-state index in [0.29, 0.717) is 46.9 Å². The van der Waals surface area contributed by atoms with Crippen LogP contribution in [0, 0.1) is 0 Å². The first-order chi connectivity index (χ1) is 16.5. The van der Waals surface area contributed by atoms with Gasteiger partial charge in [-0.1, -0.05) is 19.1 Å². The lowest BCUT2D eigenvalue weighted by Crippen LogP contribution is -2.40. The Bertz CT molecular complexity index is 1310. The summed E-state index contributed by atoms with van der Waals surface area (Å²) in [6, 6.07) is 17.2. The predicted octanol–water partition coefficient (Wildman–Crippen LogP) is 5.20. The number of benzene rings is 2. The van der Waals surface area contributed by atoms with E-state index < -0.39 is 6.04 Å². The largest absolute Gasteiger partial charge is 0.497 e. The van der Waals surface area contributed by atoms with Crippen LogP contribution in [0.1, 0.15) is 37.9 Å². The zero-order valence-electron chi connectivity index (χ0n) is 19.5. The minimum absolute atomic E-state index is 0.116. The number of carbonyl (C=O) groups excluding carboxylic acids is 1. The summed E-state index contributed by atoms with van der Waals surface area (Å²) < 4.78 is 12.4. The summed E-state index contributed by atoms with van der Waals surface area (Å²) in [6.07, 6.45) is 2.13. The van der Waals surface area contributed by atoms with Gasteiger partial charge in [-0.05, 0) is 61.9 Å². The highest BCUT2D eigenvalue weighted by atomic mass is 16.5. The highest BCUT2D eigenvalue weighted by Crippen LogP contribution is 2.27. The van der Waals surface area contributed by atoms with Crippen molar-refractivity contribution in [2.75, 3.05) is 12.4 Å². The predicted molar refractivity (Wildman–Crippen MR) is 131 cm³/mol. The smallest absolute Gasteiger partial charge is 0.322 e. The van der Waals surface area contributed by atoms with E-state index in [-0.39, 0.29) is 18.1 Å². The fourth-order valence-corrected chi connectivity index (χ4v) is 4.05. The van der Waals surface area contributed by atoms with E-state index >= 15 is 0 Å². The molecule has 2 heterocycles. The van der Waals surface area contributed by atoms with Crippen LogP contribution in [0.15, 0.2) is 76.1 Å². The number of para-hydroxylation sites is 1. The molecule has 4 rings (SSSR count). The summed E-state index contributed by atoms with van der Waals surface area (Å²) in [6.45, 7) is 4.54. The molecule has 0 spiro atoms. The Morgan fingerprint density at radius 2 is 1.88 bits per heavy atom. The molecule has 8 nitrogen and oxygen atoms in total. The van der Waals surface area contributed by atoms with Gasteiger partial charge in [0, 0.05) is 12.2 Å². The van der Waals surface area contributed by atoms with Gasteiger partial charge in [-0.2, -0.15) is 0 Å². The molecule has 0 saturated heterocycles. The molecule has 0 fully saturated rings. The number of hydrogen-bond donors (Lipinski definition) is 1. The Morgan fingerprint density at radius 3 is 2.53 bits per heavy atom. The molecule has 0 bridgehead atoms. The molecule has 1 N–H and O–H groups in total.